The van der Waals surface area contributed by atoms with Gasteiger partial charge in [0, 0.05) is 0 Å². The van der Waals surface area contributed by atoms with E-state index in [1.54, 1.807) is 0 Å². The van der Waals surface area contributed by atoms with Gasteiger partial charge in [-0.25, -0.2) is 0 Å². The highest BCUT2D eigenvalue weighted by atomic mass is 32.1. The van der Waals surface area contributed by atoms with Crippen molar-refractivity contribution in [3.8, 4) is 0 Å². The van der Waals surface area contributed by atoms with Gasteiger partial charge in [-0.1, -0.05) is 25.3 Å². The maximum Gasteiger partial charge on any atom is 0.0945 e. The van der Waals surface area contributed by atoms with Gasteiger partial charge < -0.3 is 5.11 Å². The van der Waals surface area contributed by atoms with Crippen LogP contribution in [0.3, 0.4) is 0 Å². The van der Waals surface area contributed by atoms with E-state index in [4.69, 9.17) is 0 Å². The second-order valence-electron chi connectivity index (χ2n) is 5.56. The Kier molecular flexibility index (Phi) is 4.15. The average molecular weight is 254 g/mol. The number of hydrogen-bond donors (Lipinski definition) is 1. The summed E-state index contributed by atoms with van der Waals surface area (Å²) in [5, 5.41) is 14.6. The zero-order chi connectivity index (χ0) is 12.4. The van der Waals surface area contributed by atoms with Crippen molar-refractivity contribution in [1.82, 2.24) is 9.59 Å². The summed E-state index contributed by atoms with van der Waals surface area (Å²) < 4.78 is 3.98. The molecule has 1 fully saturated rings. The summed E-state index contributed by atoms with van der Waals surface area (Å²) in [6, 6.07) is 0. The van der Waals surface area contributed by atoms with Crippen molar-refractivity contribution in [2.45, 2.75) is 52.6 Å². The van der Waals surface area contributed by atoms with Crippen LogP contribution in [-0.4, -0.2) is 14.7 Å². The lowest BCUT2D eigenvalue weighted by molar-refractivity contribution is 0.0569. The van der Waals surface area contributed by atoms with Gasteiger partial charge in [-0.05, 0) is 55.0 Å². The molecule has 96 valence electrons. The van der Waals surface area contributed by atoms with Crippen molar-refractivity contribution in [3.05, 3.63) is 10.6 Å². The molecule has 0 spiro atoms. The Labute approximate surface area is 107 Å². The van der Waals surface area contributed by atoms with E-state index in [-0.39, 0.29) is 6.10 Å². The number of aromatic nitrogens is 2. The van der Waals surface area contributed by atoms with Gasteiger partial charge in [-0.2, -0.15) is 0 Å². The Balaban J connectivity index is 2.11. The summed E-state index contributed by atoms with van der Waals surface area (Å²) >= 11 is 1.37. The molecule has 1 aliphatic rings. The molecule has 17 heavy (non-hydrogen) atoms. The Morgan fingerprint density at radius 2 is 1.94 bits per heavy atom. The van der Waals surface area contributed by atoms with Crippen molar-refractivity contribution >= 4 is 11.5 Å². The van der Waals surface area contributed by atoms with Crippen molar-refractivity contribution in [3.63, 3.8) is 0 Å². The number of rotatable bonds is 3. The number of aliphatic hydroxyl groups is 1. The minimum Gasteiger partial charge on any atom is -0.387 e. The lowest BCUT2D eigenvalue weighted by Gasteiger charge is -2.34. The van der Waals surface area contributed by atoms with Crippen LogP contribution in [0.2, 0.25) is 0 Å². The molecular formula is C13H22N2OS. The van der Waals surface area contributed by atoms with Crippen LogP contribution < -0.4 is 0 Å². The molecule has 3 nitrogen and oxygen atoms in total. The maximum atomic E-state index is 10.5. The molecule has 3 unspecified atom stereocenters. The Morgan fingerprint density at radius 1 is 1.29 bits per heavy atom. The standard InChI is InChI=1S/C13H22N2OS/c1-4-11-13(17-15-14-11)12(16)10-6-8(2)5-9(3)7-10/h8-10,12,16H,4-7H2,1-3H3. The molecule has 1 aromatic rings. The highest BCUT2D eigenvalue weighted by Crippen LogP contribution is 2.41. The molecule has 1 saturated carbocycles. The highest BCUT2D eigenvalue weighted by Gasteiger charge is 2.31. The third-order valence-corrected chi connectivity index (χ3v) is 4.69. The van der Waals surface area contributed by atoms with Gasteiger partial charge in [-0.3, -0.25) is 0 Å². The van der Waals surface area contributed by atoms with Gasteiger partial charge in [0.05, 0.1) is 16.7 Å². The predicted octanol–water partition coefficient (Wildman–Crippen LogP) is 3.21. The van der Waals surface area contributed by atoms with Crippen molar-refractivity contribution in [1.29, 1.82) is 0 Å². The van der Waals surface area contributed by atoms with Crippen LogP contribution in [-0.2, 0) is 6.42 Å². The molecule has 0 saturated heterocycles. The van der Waals surface area contributed by atoms with E-state index in [2.05, 4.69) is 30.4 Å². The summed E-state index contributed by atoms with van der Waals surface area (Å²) in [5.41, 5.74) is 0.980. The monoisotopic (exact) mass is 254 g/mol. The fraction of sp³-hybridized carbons (Fsp3) is 0.846. The van der Waals surface area contributed by atoms with Crippen LogP contribution in [0.4, 0.5) is 0 Å². The highest BCUT2D eigenvalue weighted by molar-refractivity contribution is 7.05. The average Bonchev–Trinajstić information content (AvgIpc) is 2.74. The molecule has 2 rings (SSSR count). The SMILES string of the molecule is CCc1nnsc1C(O)C1CC(C)CC(C)C1. The van der Waals surface area contributed by atoms with Crippen molar-refractivity contribution in [2.75, 3.05) is 0 Å². The van der Waals surface area contributed by atoms with E-state index in [1.807, 2.05) is 0 Å². The predicted molar refractivity (Wildman–Crippen MR) is 69.9 cm³/mol. The van der Waals surface area contributed by atoms with Crippen LogP contribution in [0.5, 0.6) is 0 Å². The first kappa shape index (κ1) is 13.0. The molecule has 0 amide bonds. The van der Waals surface area contributed by atoms with Crippen LogP contribution in [0.1, 0.15) is 56.7 Å². The molecule has 1 heterocycles. The Hall–Kier alpha value is -0.480. The summed E-state index contributed by atoms with van der Waals surface area (Å²) in [6.07, 6.45) is 4.07. The third kappa shape index (κ3) is 2.86. The van der Waals surface area contributed by atoms with E-state index < -0.39 is 0 Å². The van der Waals surface area contributed by atoms with Crippen molar-refractivity contribution < 1.29 is 5.11 Å². The maximum absolute atomic E-state index is 10.5. The van der Waals surface area contributed by atoms with E-state index in [0.29, 0.717) is 5.92 Å². The second kappa shape index (κ2) is 5.44. The lowest BCUT2D eigenvalue weighted by atomic mass is 9.74. The molecule has 0 radical (unpaired) electrons. The number of aryl methyl sites for hydroxylation is 1. The largest absolute Gasteiger partial charge is 0.387 e. The normalized spacial score (nSPS) is 31.4. The molecule has 0 bridgehead atoms. The third-order valence-electron chi connectivity index (χ3n) is 3.85. The fourth-order valence-corrected chi connectivity index (χ4v) is 3.98. The zero-order valence-electron chi connectivity index (χ0n) is 10.9. The van der Waals surface area contributed by atoms with Gasteiger partial charge in [0.25, 0.3) is 0 Å². The van der Waals surface area contributed by atoms with Gasteiger partial charge in [-0.15, -0.1) is 5.10 Å². The first-order chi connectivity index (χ1) is 8.11. The smallest absolute Gasteiger partial charge is 0.0945 e. The molecule has 1 N–H and O–H groups in total. The first-order valence-electron chi connectivity index (χ1n) is 6.61. The lowest BCUT2D eigenvalue weighted by Crippen LogP contribution is -2.24. The Morgan fingerprint density at radius 3 is 2.53 bits per heavy atom. The number of aliphatic hydroxyl groups excluding tert-OH is 1. The van der Waals surface area contributed by atoms with E-state index in [9.17, 15) is 5.11 Å². The van der Waals surface area contributed by atoms with Crippen LogP contribution >= 0.6 is 11.5 Å². The Bertz CT molecular complexity index is 356. The fourth-order valence-electron chi connectivity index (χ4n) is 3.17. The second-order valence-corrected chi connectivity index (χ2v) is 6.35. The van der Waals surface area contributed by atoms with Crippen LogP contribution in [0, 0.1) is 17.8 Å². The van der Waals surface area contributed by atoms with Crippen LogP contribution in [0.15, 0.2) is 0 Å². The van der Waals surface area contributed by atoms with E-state index >= 15 is 0 Å². The van der Waals surface area contributed by atoms with Gasteiger partial charge in [0.15, 0.2) is 0 Å². The van der Waals surface area contributed by atoms with Gasteiger partial charge in [0.1, 0.15) is 0 Å². The summed E-state index contributed by atoms with van der Waals surface area (Å²) in [4.78, 5) is 0.999. The quantitative estimate of drug-likeness (QED) is 0.901. The summed E-state index contributed by atoms with van der Waals surface area (Å²) in [7, 11) is 0. The summed E-state index contributed by atoms with van der Waals surface area (Å²) in [6.45, 7) is 6.65. The van der Waals surface area contributed by atoms with E-state index in [0.717, 1.165) is 41.7 Å². The molecule has 3 atom stereocenters. The molecule has 0 aromatic carbocycles. The topological polar surface area (TPSA) is 46.0 Å². The molecule has 4 heteroatoms. The molecule has 1 aliphatic carbocycles. The summed E-state index contributed by atoms with van der Waals surface area (Å²) in [5.74, 6) is 1.84. The van der Waals surface area contributed by atoms with Gasteiger partial charge in [0.2, 0.25) is 0 Å². The van der Waals surface area contributed by atoms with E-state index in [1.165, 1.54) is 18.0 Å². The number of nitrogens with zero attached hydrogens (tertiary/aromatic N) is 2. The minimum atomic E-state index is -0.352. The minimum absolute atomic E-state index is 0.352. The molecule has 1 aromatic heterocycles. The first-order valence-corrected chi connectivity index (χ1v) is 7.38. The van der Waals surface area contributed by atoms with Gasteiger partial charge >= 0.3 is 0 Å². The molecule has 0 aliphatic heterocycles. The molecular weight excluding hydrogens is 232 g/mol. The van der Waals surface area contributed by atoms with Crippen molar-refractivity contribution in [2.24, 2.45) is 17.8 Å². The zero-order valence-corrected chi connectivity index (χ0v) is 11.7. The van der Waals surface area contributed by atoms with Crippen LogP contribution in [0.25, 0.3) is 0 Å². The number of hydrogen-bond acceptors (Lipinski definition) is 4.